The second-order valence-corrected chi connectivity index (χ2v) is 2.45. The Balaban J connectivity index is 3.22. The number of rotatable bonds is 2. The molecule has 76 valence electrons. The summed E-state index contributed by atoms with van der Waals surface area (Å²) in [7, 11) is 0. The third-order valence-corrected chi connectivity index (χ3v) is 1.50. The zero-order valence-corrected chi connectivity index (χ0v) is 6.73. The molecule has 1 rings (SSSR count). The van der Waals surface area contributed by atoms with Gasteiger partial charge in [0, 0.05) is 0 Å². The molecule has 0 spiro atoms. The molecule has 1 aromatic rings. The first kappa shape index (κ1) is 10.5. The third-order valence-electron chi connectivity index (χ3n) is 1.50. The highest BCUT2D eigenvalue weighted by atomic mass is 19.4. The van der Waals surface area contributed by atoms with E-state index >= 15 is 0 Å². The predicted octanol–water partition coefficient (Wildman–Crippen LogP) is 2.41. The van der Waals surface area contributed by atoms with Gasteiger partial charge in [-0.1, -0.05) is 0 Å². The number of carbonyl (C=O) groups is 1. The second-order valence-electron chi connectivity index (χ2n) is 2.45. The number of anilines is 1. The first-order chi connectivity index (χ1) is 6.45. The Labute approximate surface area is 76.5 Å². The van der Waals surface area contributed by atoms with Crippen LogP contribution in [-0.4, -0.2) is 6.41 Å². The van der Waals surface area contributed by atoms with E-state index in [-0.39, 0.29) is 6.41 Å². The van der Waals surface area contributed by atoms with Gasteiger partial charge in [-0.15, -0.1) is 0 Å². The molecule has 6 heteroatoms. The fourth-order valence-corrected chi connectivity index (χ4v) is 0.940. The maximum absolute atomic E-state index is 12.5. The molecule has 0 fully saturated rings. The van der Waals surface area contributed by atoms with Crippen LogP contribution in [0, 0.1) is 5.82 Å². The minimum absolute atomic E-state index is 0.0997. The Hall–Kier alpha value is -1.59. The van der Waals surface area contributed by atoms with Gasteiger partial charge in [0.15, 0.2) is 0 Å². The van der Waals surface area contributed by atoms with Crippen LogP contribution in [-0.2, 0) is 11.0 Å². The molecule has 1 aromatic carbocycles. The largest absolute Gasteiger partial charge is 0.418 e. The zero-order valence-electron chi connectivity index (χ0n) is 6.73. The Morgan fingerprint density at radius 2 is 1.93 bits per heavy atom. The lowest BCUT2D eigenvalue weighted by Crippen LogP contribution is -2.10. The molecule has 0 aliphatic rings. The van der Waals surface area contributed by atoms with Crippen molar-refractivity contribution in [2.45, 2.75) is 6.18 Å². The number of amides is 1. The topological polar surface area (TPSA) is 29.1 Å². The lowest BCUT2D eigenvalue weighted by molar-refractivity contribution is -0.137. The molecule has 0 saturated carbocycles. The van der Waals surface area contributed by atoms with Gasteiger partial charge in [-0.25, -0.2) is 4.39 Å². The highest BCUT2D eigenvalue weighted by Crippen LogP contribution is 2.34. The summed E-state index contributed by atoms with van der Waals surface area (Å²) in [6.45, 7) is 0. The minimum Gasteiger partial charge on any atom is -0.328 e. The lowest BCUT2D eigenvalue weighted by Gasteiger charge is -2.11. The predicted molar refractivity (Wildman–Crippen MR) is 41.1 cm³/mol. The maximum atomic E-state index is 12.5. The van der Waals surface area contributed by atoms with Gasteiger partial charge in [0.2, 0.25) is 6.41 Å². The molecule has 1 amide bonds. The van der Waals surface area contributed by atoms with E-state index in [1.54, 1.807) is 0 Å². The van der Waals surface area contributed by atoms with E-state index in [9.17, 15) is 22.4 Å². The zero-order chi connectivity index (χ0) is 10.8. The summed E-state index contributed by atoms with van der Waals surface area (Å²) in [6, 6.07) is 2.01. The maximum Gasteiger partial charge on any atom is 0.418 e. The van der Waals surface area contributed by atoms with Gasteiger partial charge < -0.3 is 5.32 Å². The highest BCUT2D eigenvalue weighted by molar-refractivity contribution is 5.73. The second kappa shape index (κ2) is 3.65. The van der Waals surface area contributed by atoms with E-state index in [1.807, 2.05) is 5.32 Å². The molecule has 14 heavy (non-hydrogen) atoms. The van der Waals surface area contributed by atoms with Crippen molar-refractivity contribution in [1.82, 2.24) is 0 Å². The molecule has 0 saturated heterocycles. The molecular weight excluding hydrogens is 202 g/mol. The number of hydrogen-bond acceptors (Lipinski definition) is 1. The van der Waals surface area contributed by atoms with Crippen LogP contribution in [0.3, 0.4) is 0 Å². The highest BCUT2D eigenvalue weighted by Gasteiger charge is 2.33. The first-order valence-corrected chi connectivity index (χ1v) is 3.52. The minimum atomic E-state index is -4.69. The van der Waals surface area contributed by atoms with Crippen LogP contribution < -0.4 is 5.32 Å². The lowest BCUT2D eigenvalue weighted by atomic mass is 10.1. The molecule has 0 atom stereocenters. The number of hydrogen-bond donors (Lipinski definition) is 1. The molecule has 0 bridgehead atoms. The van der Waals surface area contributed by atoms with Crippen molar-refractivity contribution in [3.05, 3.63) is 29.6 Å². The van der Waals surface area contributed by atoms with Gasteiger partial charge in [-0.2, -0.15) is 13.2 Å². The van der Waals surface area contributed by atoms with Gasteiger partial charge in [0.05, 0.1) is 11.3 Å². The average Bonchev–Trinajstić information content (AvgIpc) is 2.07. The van der Waals surface area contributed by atoms with Gasteiger partial charge in [0.1, 0.15) is 5.82 Å². The first-order valence-electron chi connectivity index (χ1n) is 3.52. The Morgan fingerprint density at radius 3 is 2.43 bits per heavy atom. The van der Waals surface area contributed by atoms with Crippen molar-refractivity contribution >= 4 is 12.1 Å². The van der Waals surface area contributed by atoms with E-state index < -0.39 is 23.2 Å². The van der Waals surface area contributed by atoms with E-state index in [0.29, 0.717) is 6.07 Å². The molecular formula is C8H5F4NO. The van der Waals surface area contributed by atoms with Crippen molar-refractivity contribution < 1.29 is 22.4 Å². The van der Waals surface area contributed by atoms with E-state index in [2.05, 4.69) is 0 Å². The summed E-state index contributed by atoms with van der Waals surface area (Å²) < 4.78 is 49.2. The molecule has 0 unspecified atom stereocenters. The Bertz CT molecular complexity index is 348. The van der Waals surface area contributed by atoms with E-state index in [0.717, 1.165) is 12.1 Å². The third kappa shape index (κ3) is 2.21. The monoisotopic (exact) mass is 207 g/mol. The summed E-state index contributed by atoms with van der Waals surface area (Å²) in [6.07, 6.45) is -4.59. The average molecular weight is 207 g/mol. The van der Waals surface area contributed by atoms with E-state index in [4.69, 9.17) is 0 Å². The summed E-state index contributed by atoms with van der Waals surface area (Å²) in [5.74, 6) is -1.01. The summed E-state index contributed by atoms with van der Waals surface area (Å²) in [4.78, 5) is 9.97. The van der Waals surface area contributed by atoms with Gasteiger partial charge >= 0.3 is 6.18 Å². The van der Waals surface area contributed by atoms with Gasteiger partial charge in [0.25, 0.3) is 0 Å². The van der Waals surface area contributed by atoms with Crippen LogP contribution in [0.5, 0.6) is 0 Å². The SMILES string of the molecule is O=CNc1ccc(F)cc1C(F)(F)F. The summed E-state index contributed by atoms with van der Waals surface area (Å²) in [5, 5.41) is 1.84. The van der Waals surface area contributed by atoms with Crippen molar-refractivity contribution in [3.63, 3.8) is 0 Å². The molecule has 0 aliphatic heterocycles. The van der Waals surface area contributed by atoms with E-state index in [1.165, 1.54) is 0 Å². The van der Waals surface area contributed by atoms with Crippen LogP contribution >= 0.6 is 0 Å². The van der Waals surface area contributed by atoms with Crippen LogP contribution in [0.25, 0.3) is 0 Å². The Kier molecular flexibility index (Phi) is 2.73. The quantitative estimate of drug-likeness (QED) is 0.585. The number of nitrogens with one attached hydrogen (secondary N) is 1. The van der Waals surface area contributed by atoms with Crippen molar-refractivity contribution in [1.29, 1.82) is 0 Å². The fourth-order valence-electron chi connectivity index (χ4n) is 0.940. The molecule has 0 heterocycles. The van der Waals surface area contributed by atoms with Crippen molar-refractivity contribution in [2.24, 2.45) is 0 Å². The number of carbonyl (C=O) groups excluding carboxylic acids is 1. The standard InChI is InChI=1S/C8H5F4NO/c9-5-1-2-7(13-4-14)6(3-5)8(10,11)12/h1-4H,(H,13,14). The summed E-state index contributed by atoms with van der Waals surface area (Å²) in [5.41, 5.74) is -1.67. The molecule has 0 aliphatic carbocycles. The van der Waals surface area contributed by atoms with Gasteiger partial charge in [-0.3, -0.25) is 4.79 Å². The molecule has 0 aromatic heterocycles. The molecule has 2 nitrogen and oxygen atoms in total. The smallest absolute Gasteiger partial charge is 0.328 e. The number of alkyl halides is 3. The van der Waals surface area contributed by atoms with Crippen LogP contribution in [0.1, 0.15) is 5.56 Å². The van der Waals surface area contributed by atoms with Crippen LogP contribution in [0.4, 0.5) is 23.2 Å². The van der Waals surface area contributed by atoms with Crippen molar-refractivity contribution in [3.8, 4) is 0 Å². The normalized spacial score (nSPS) is 11.1. The van der Waals surface area contributed by atoms with Crippen molar-refractivity contribution in [2.75, 3.05) is 5.32 Å². The van der Waals surface area contributed by atoms with Crippen LogP contribution in [0.15, 0.2) is 18.2 Å². The van der Waals surface area contributed by atoms with Gasteiger partial charge in [-0.05, 0) is 18.2 Å². The molecule has 1 N–H and O–H groups in total. The Morgan fingerprint density at radius 1 is 1.29 bits per heavy atom. The fraction of sp³-hybridized carbons (Fsp3) is 0.125. The number of halogens is 4. The summed E-state index contributed by atoms with van der Waals surface area (Å²) >= 11 is 0. The number of benzene rings is 1. The van der Waals surface area contributed by atoms with Crippen LogP contribution in [0.2, 0.25) is 0 Å². The molecule has 0 radical (unpaired) electrons.